The molecular weight excluding hydrogens is 284 g/mol. The molecule has 116 valence electrons. The van der Waals surface area contributed by atoms with Crippen molar-refractivity contribution in [2.24, 2.45) is 5.92 Å². The van der Waals surface area contributed by atoms with Gasteiger partial charge in [-0.2, -0.15) is 0 Å². The molecule has 0 aromatic carbocycles. The number of hydrogen-bond donors (Lipinski definition) is 1. The van der Waals surface area contributed by atoms with Crippen molar-refractivity contribution in [3.63, 3.8) is 0 Å². The molecule has 0 bridgehead atoms. The van der Waals surface area contributed by atoms with E-state index in [1.165, 1.54) is 23.4 Å². The third kappa shape index (κ3) is 2.94. The van der Waals surface area contributed by atoms with E-state index in [1.807, 2.05) is 13.8 Å². The number of nitrogens with zero attached hydrogens (tertiary/aromatic N) is 1. The van der Waals surface area contributed by atoms with Gasteiger partial charge in [0, 0.05) is 31.2 Å². The second kappa shape index (κ2) is 5.97. The molecule has 2 N–H and O–H groups in total. The second-order valence-corrected chi connectivity index (χ2v) is 7.31. The summed E-state index contributed by atoms with van der Waals surface area (Å²) in [6.45, 7) is 7.36. The van der Waals surface area contributed by atoms with Gasteiger partial charge < -0.3 is 15.4 Å². The van der Waals surface area contributed by atoms with Gasteiger partial charge in [-0.25, -0.2) is 0 Å². The minimum absolute atomic E-state index is 0.00156. The lowest BCUT2D eigenvalue weighted by Crippen LogP contribution is -2.25. The average Bonchev–Trinajstić information content (AvgIpc) is 3.26. The fraction of sp³-hybridized carbons (Fsp3) is 0.688. The molecule has 1 saturated heterocycles. The highest BCUT2D eigenvalue weighted by Crippen LogP contribution is 2.52. The molecule has 5 heteroatoms. The Morgan fingerprint density at radius 1 is 1.33 bits per heavy atom. The van der Waals surface area contributed by atoms with Crippen LogP contribution < -0.4 is 10.6 Å². The predicted molar refractivity (Wildman–Crippen MR) is 87.5 cm³/mol. The van der Waals surface area contributed by atoms with Crippen LogP contribution in [-0.4, -0.2) is 32.1 Å². The molecule has 2 heterocycles. The fourth-order valence-electron chi connectivity index (χ4n) is 2.84. The summed E-state index contributed by atoms with van der Waals surface area (Å²) in [4.78, 5) is 15.6. The first-order valence-electron chi connectivity index (χ1n) is 7.88. The number of thiophene rings is 1. The number of nitrogen functional groups attached to an aromatic ring is 1. The highest BCUT2D eigenvalue weighted by molar-refractivity contribution is 7.19. The largest absolute Gasteiger partial charge is 0.397 e. The van der Waals surface area contributed by atoms with Gasteiger partial charge in [0.2, 0.25) is 0 Å². The zero-order valence-corrected chi connectivity index (χ0v) is 13.7. The molecule has 21 heavy (non-hydrogen) atoms. The number of hydrogen-bond acceptors (Lipinski definition) is 5. The van der Waals surface area contributed by atoms with Crippen molar-refractivity contribution in [3.05, 3.63) is 10.4 Å². The van der Waals surface area contributed by atoms with Crippen LogP contribution in [0.4, 0.5) is 10.7 Å². The lowest BCUT2D eigenvalue weighted by Gasteiger charge is -2.21. The maximum Gasteiger partial charge on any atom is 0.177 e. The van der Waals surface area contributed by atoms with Gasteiger partial charge in [0.15, 0.2) is 5.78 Å². The number of nitrogens with two attached hydrogens (primary N) is 1. The molecule has 0 atom stereocenters. The number of carbonyl (C=O) groups is 1. The molecule has 0 unspecified atom stereocenters. The van der Waals surface area contributed by atoms with Gasteiger partial charge in [0.05, 0.1) is 22.2 Å². The molecule has 1 aliphatic carbocycles. The van der Waals surface area contributed by atoms with Gasteiger partial charge in [-0.15, -0.1) is 11.3 Å². The Balaban J connectivity index is 1.98. The second-order valence-electron chi connectivity index (χ2n) is 6.31. The minimum Gasteiger partial charge on any atom is -0.397 e. The molecule has 2 fully saturated rings. The Morgan fingerprint density at radius 3 is 2.76 bits per heavy atom. The van der Waals surface area contributed by atoms with E-state index in [0.717, 1.165) is 43.3 Å². The van der Waals surface area contributed by atoms with Crippen LogP contribution >= 0.6 is 11.3 Å². The quantitative estimate of drug-likeness (QED) is 0.867. The normalized spacial score (nSPS) is 19.9. The summed E-state index contributed by atoms with van der Waals surface area (Å²) in [6, 6.07) is 0. The smallest absolute Gasteiger partial charge is 0.177 e. The van der Waals surface area contributed by atoms with Crippen molar-refractivity contribution >= 4 is 27.8 Å². The third-order valence-corrected chi connectivity index (χ3v) is 5.50. The number of rotatable bonds is 4. The zero-order valence-electron chi connectivity index (χ0n) is 12.9. The van der Waals surface area contributed by atoms with Gasteiger partial charge in [-0.05, 0) is 25.2 Å². The summed E-state index contributed by atoms with van der Waals surface area (Å²) >= 11 is 1.60. The lowest BCUT2D eigenvalue weighted by atomic mass is 10.0. The Hall–Kier alpha value is -1.07. The molecule has 0 spiro atoms. The summed E-state index contributed by atoms with van der Waals surface area (Å²) in [5.41, 5.74) is 8.35. The molecule has 1 saturated carbocycles. The Bertz CT molecular complexity index is 527. The molecule has 1 aromatic rings. The van der Waals surface area contributed by atoms with Gasteiger partial charge in [0.1, 0.15) is 0 Å². The van der Waals surface area contributed by atoms with Crippen molar-refractivity contribution < 1.29 is 9.53 Å². The fourth-order valence-corrected chi connectivity index (χ4v) is 4.29. The molecule has 3 rings (SSSR count). The molecule has 1 aromatic heterocycles. The SMILES string of the molecule is CC(C)C(=O)c1sc(N2CCCOCC2)c(C2CC2)c1N. The van der Waals surface area contributed by atoms with Crippen molar-refractivity contribution in [1.82, 2.24) is 0 Å². The van der Waals surface area contributed by atoms with Crippen LogP contribution in [0.25, 0.3) is 0 Å². The van der Waals surface area contributed by atoms with E-state index in [9.17, 15) is 4.79 Å². The number of carbonyl (C=O) groups excluding carboxylic acids is 1. The van der Waals surface area contributed by atoms with Crippen molar-refractivity contribution in [1.29, 1.82) is 0 Å². The Kier molecular flexibility index (Phi) is 4.22. The maximum absolute atomic E-state index is 12.4. The molecule has 4 nitrogen and oxygen atoms in total. The molecule has 0 amide bonds. The van der Waals surface area contributed by atoms with Crippen LogP contribution in [0.5, 0.6) is 0 Å². The lowest BCUT2D eigenvalue weighted by molar-refractivity contribution is 0.0944. The van der Waals surface area contributed by atoms with Gasteiger partial charge >= 0.3 is 0 Å². The maximum atomic E-state index is 12.4. The number of anilines is 2. The van der Waals surface area contributed by atoms with Crippen LogP contribution in [0, 0.1) is 5.92 Å². The summed E-state index contributed by atoms with van der Waals surface area (Å²) < 4.78 is 5.55. The summed E-state index contributed by atoms with van der Waals surface area (Å²) in [5, 5.41) is 1.23. The molecule has 2 aliphatic rings. The van der Waals surface area contributed by atoms with E-state index in [-0.39, 0.29) is 11.7 Å². The van der Waals surface area contributed by atoms with Crippen LogP contribution in [0.15, 0.2) is 0 Å². The number of ether oxygens (including phenoxy) is 1. The van der Waals surface area contributed by atoms with Gasteiger partial charge in [-0.1, -0.05) is 13.8 Å². The average molecular weight is 308 g/mol. The van der Waals surface area contributed by atoms with Crippen molar-refractivity contribution in [2.75, 3.05) is 36.9 Å². The van der Waals surface area contributed by atoms with Crippen LogP contribution in [0.3, 0.4) is 0 Å². The monoisotopic (exact) mass is 308 g/mol. The first-order chi connectivity index (χ1) is 10.1. The van der Waals surface area contributed by atoms with Gasteiger partial charge in [-0.3, -0.25) is 4.79 Å². The molecule has 1 aliphatic heterocycles. The summed E-state index contributed by atoms with van der Waals surface area (Å²) in [7, 11) is 0. The van der Waals surface area contributed by atoms with E-state index in [2.05, 4.69) is 4.90 Å². The van der Waals surface area contributed by atoms with E-state index >= 15 is 0 Å². The predicted octanol–water partition coefficient (Wildman–Crippen LogP) is 3.27. The topological polar surface area (TPSA) is 55.6 Å². The van der Waals surface area contributed by atoms with Crippen molar-refractivity contribution in [2.45, 2.75) is 39.0 Å². The standard InChI is InChI=1S/C16H24N2O2S/c1-10(2)14(19)15-13(17)12(11-4-5-11)16(21-15)18-6-3-8-20-9-7-18/h10-11H,3-9,17H2,1-2H3. The van der Waals surface area contributed by atoms with E-state index in [4.69, 9.17) is 10.5 Å². The Morgan fingerprint density at radius 2 is 2.10 bits per heavy atom. The van der Waals surface area contributed by atoms with E-state index in [0.29, 0.717) is 5.92 Å². The molecular formula is C16H24N2O2S. The summed E-state index contributed by atoms with van der Waals surface area (Å²) in [6.07, 6.45) is 3.44. The van der Waals surface area contributed by atoms with Crippen LogP contribution in [-0.2, 0) is 4.74 Å². The first kappa shape index (κ1) is 14.9. The van der Waals surface area contributed by atoms with Gasteiger partial charge in [0.25, 0.3) is 0 Å². The molecule has 0 radical (unpaired) electrons. The highest BCUT2D eigenvalue weighted by atomic mass is 32.1. The van der Waals surface area contributed by atoms with E-state index in [1.54, 1.807) is 11.3 Å². The minimum atomic E-state index is -0.00156. The third-order valence-electron chi connectivity index (χ3n) is 4.21. The first-order valence-corrected chi connectivity index (χ1v) is 8.70. The zero-order chi connectivity index (χ0) is 15.0. The van der Waals surface area contributed by atoms with E-state index < -0.39 is 0 Å². The number of Topliss-reactive ketones (excluding diaryl/α,β-unsaturated/α-hetero) is 1. The summed E-state index contributed by atoms with van der Waals surface area (Å²) in [5.74, 6) is 0.740. The van der Waals surface area contributed by atoms with Crippen LogP contribution in [0.2, 0.25) is 0 Å². The van der Waals surface area contributed by atoms with Crippen molar-refractivity contribution in [3.8, 4) is 0 Å². The Labute approximate surface area is 130 Å². The number of ketones is 1. The van der Waals surface area contributed by atoms with Crippen LogP contribution in [0.1, 0.15) is 54.3 Å². The highest BCUT2D eigenvalue weighted by Gasteiger charge is 2.35.